The summed E-state index contributed by atoms with van der Waals surface area (Å²) < 4.78 is 20.3. The van der Waals surface area contributed by atoms with Crippen molar-refractivity contribution in [3.05, 3.63) is 35.4 Å². The van der Waals surface area contributed by atoms with Gasteiger partial charge in [-0.2, -0.15) is 0 Å². The highest BCUT2D eigenvalue weighted by atomic mass is 19.1. The van der Waals surface area contributed by atoms with E-state index in [-0.39, 0.29) is 31.8 Å². The van der Waals surface area contributed by atoms with E-state index in [1.54, 1.807) is 15.9 Å². The number of rotatable bonds is 2. The third-order valence-electron chi connectivity index (χ3n) is 4.79. The second kappa shape index (κ2) is 6.89. The fraction of sp³-hybridized carbons (Fsp3) is 0.556. The van der Waals surface area contributed by atoms with Gasteiger partial charge in [0.1, 0.15) is 0 Å². The molecule has 2 saturated heterocycles. The zero-order valence-corrected chi connectivity index (χ0v) is 14.0. The highest BCUT2D eigenvalue weighted by molar-refractivity contribution is 5.95. The summed E-state index contributed by atoms with van der Waals surface area (Å²) in [6.45, 7) is 4.26. The number of carbonyl (C=O) groups is 2. The van der Waals surface area contributed by atoms with E-state index in [0.29, 0.717) is 31.9 Å². The molecule has 0 atom stereocenters. The van der Waals surface area contributed by atoms with Crippen LogP contribution in [0.25, 0.3) is 0 Å². The molecule has 0 aliphatic carbocycles. The van der Waals surface area contributed by atoms with Crippen LogP contribution >= 0.6 is 0 Å². The van der Waals surface area contributed by atoms with Crippen molar-refractivity contribution >= 4 is 11.8 Å². The SMILES string of the molecule is Cc1cccc(C(=O)N2CCC(F)(C(=O)N3CCOCC3)CC2)c1. The Kier molecular flexibility index (Phi) is 4.85. The molecule has 0 N–H and O–H groups in total. The van der Waals surface area contributed by atoms with E-state index < -0.39 is 11.6 Å². The van der Waals surface area contributed by atoms with Crippen LogP contribution in [0.5, 0.6) is 0 Å². The monoisotopic (exact) mass is 334 g/mol. The van der Waals surface area contributed by atoms with Crippen molar-refractivity contribution in [1.29, 1.82) is 0 Å². The standard InChI is InChI=1S/C18H23FN2O3/c1-14-3-2-4-15(13-14)16(22)20-7-5-18(19,6-8-20)17(23)21-9-11-24-12-10-21/h2-4,13H,5-12H2,1H3. The summed E-state index contributed by atoms with van der Waals surface area (Å²) in [6, 6.07) is 7.37. The molecule has 0 bridgehead atoms. The van der Waals surface area contributed by atoms with Gasteiger partial charge >= 0.3 is 0 Å². The van der Waals surface area contributed by atoms with Crippen LogP contribution in [0.1, 0.15) is 28.8 Å². The maximum atomic E-state index is 15.1. The van der Waals surface area contributed by atoms with Gasteiger partial charge in [-0.15, -0.1) is 0 Å². The Morgan fingerprint density at radius 3 is 2.38 bits per heavy atom. The molecule has 0 aromatic heterocycles. The van der Waals surface area contributed by atoms with Gasteiger partial charge in [-0.05, 0) is 19.1 Å². The summed E-state index contributed by atoms with van der Waals surface area (Å²) in [5.41, 5.74) is -0.234. The number of benzene rings is 1. The van der Waals surface area contributed by atoms with Crippen molar-refractivity contribution in [2.24, 2.45) is 0 Å². The number of carbonyl (C=O) groups excluding carboxylic acids is 2. The predicted molar refractivity (Wildman–Crippen MR) is 87.6 cm³/mol. The number of hydrogen-bond acceptors (Lipinski definition) is 3. The molecule has 0 unspecified atom stereocenters. The fourth-order valence-electron chi connectivity index (χ4n) is 3.29. The second-order valence-corrected chi connectivity index (χ2v) is 6.53. The Labute approximate surface area is 141 Å². The normalized spacial score (nSPS) is 20.8. The van der Waals surface area contributed by atoms with E-state index in [2.05, 4.69) is 0 Å². The number of piperidine rings is 1. The van der Waals surface area contributed by atoms with Crippen LogP contribution in [0.2, 0.25) is 0 Å². The molecule has 1 aromatic rings. The van der Waals surface area contributed by atoms with Crippen molar-refractivity contribution in [3.63, 3.8) is 0 Å². The summed E-state index contributed by atoms with van der Waals surface area (Å²) in [6.07, 6.45) is 0.113. The van der Waals surface area contributed by atoms with Crippen molar-refractivity contribution in [1.82, 2.24) is 9.80 Å². The maximum absolute atomic E-state index is 15.1. The van der Waals surface area contributed by atoms with Gasteiger partial charge in [0, 0.05) is 44.6 Å². The summed E-state index contributed by atoms with van der Waals surface area (Å²) in [5.74, 6) is -0.548. The molecule has 5 nitrogen and oxygen atoms in total. The topological polar surface area (TPSA) is 49.9 Å². The summed E-state index contributed by atoms with van der Waals surface area (Å²) >= 11 is 0. The number of ether oxygens (including phenoxy) is 1. The number of nitrogens with zero attached hydrogens (tertiary/aromatic N) is 2. The number of hydrogen-bond donors (Lipinski definition) is 0. The molecular weight excluding hydrogens is 311 g/mol. The Hall–Kier alpha value is -1.95. The average molecular weight is 334 g/mol. The molecular formula is C18H23FN2O3. The van der Waals surface area contributed by atoms with Gasteiger partial charge in [0.25, 0.3) is 11.8 Å². The molecule has 0 radical (unpaired) electrons. The first-order valence-electron chi connectivity index (χ1n) is 8.42. The Morgan fingerprint density at radius 2 is 1.75 bits per heavy atom. The van der Waals surface area contributed by atoms with Gasteiger partial charge in [0.05, 0.1) is 13.2 Å². The zero-order chi connectivity index (χ0) is 17.2. The van der Waals surface area contributed by atoms with Gasteiger partial charge in [-0.1, -0.05) is 17.7 Å². The van der Waals surface area contributed by atoms with Crippen molar-refractivity contribution in [3.8, 4) is 0 Å². The lowest BCUT2D eigenvalue weighted by Gasteiger charge is -2.39. The minimum Gasteiger partial charge on any atom is -0.378 e. The molecule has 2 heterocycles. The third kappa shape index (κ3) is 3.43. The summed E-state index contributed by atoms with van der Waals surface area (Å²) in [7, 11) is 0. The van der Waals surface area contributed by atoms with E-state index >= 15 is 4.39 Å². The lowest BCUT2D eigenvalue weighted by molar-refractivity contribution is -0.151. The third-order valence-corrected chi connectivity index (χ3v) is 4.79. The van der Waals surface area contributed by atoms with Gasteiger partial charge < -0.3 is 14.5 Å². The summed E-state index contributed by atoms with van der Waals surface area (Å²) in [5, 5.41) is 0. The highest BCUT2D eigenvalue weighted by Crippen LogP contribution is 2.30. The van der Waals surface area contributed by atoms with E-state index in [9.17, 15) is 9.59 Å². The first-order valence-corrected chi connectivity index (χ1v) is 8.42. The lowest BCUT2D eigenvalue weighted by Crippen LogP contribution is -2.55. The molecule has 2 fully saturated rings. The van der Waals surface area contributed by atoms with Crippen LogP contribution in [0.15, 0.2) is 24.3 Å². The van der Waals surface area contributed by atoms with Crippen LogP contribution in [-0.4, -0.2) is 66.7 Å². The van der Waals surface area contributed by atoms with Crippen molar-refractivity contribution in [2.75, 3.05) is 39.4 Å². The Balaban J connectivity index is 1.62. The largest absolute Gasteiger partial charge is 0.378 e. The average Bonchev–Trinajstić information content (AvgIpc) is 2.62. The quantitative estimate of drug-likeness (QED) is 0.829. The molecule has 3 rings (SSSR count). The fourth-order valence-corrected chi connectivity index (χ4v) is 3.29. The van der Waals surface area contributed by atoms with Crippen LogP contribution in [0.4, 0.5) is 4.39 Å². The molecule has 2 aliphatic heterocycles. The first kappa shape index (κ1) is 16.9. The molecule has 2 amide bonds. The van der Waals surface area contributed by atoms with E-state index in [0.717, 1.165) is 5.56 Å². The molecule has 6 heteroatoms. The van der Waals surface area contributed by atoms with Gasteiger partial charge in [0.15, 0.2) is 5.67 Å². The van der Waals surface area contributed by atoms with Crippen LogP contribution in [0.3, 0.4) is 0 Å². The molecule has 130 valence electrons. The summed E-state index contributed by atoms with van der Waals surface area (Å²) in [4.78, 5) is 28.2. The molecule has 0 spiro atoms. The number of halogens is 1. The number of amides is 2. The second-order valence-electron chi connectivity index (χ2n) is 6.53. The van der Waals surface area contributed by atoms with Crippen molar-refractivity contribution < 1.29 is 18.7 Å². The van der Waals surface area contributed by atoms with Gasteiger partial charge in [-0.3, -0.25) is 9.59 Å². The number of morpholine rings is 1. The van der Waals surface area contributed by atoms with Gasteiger partial charge in [-0.25, -0.2) is 4.39 Å². The maximum Gasteiger partial charge on any atom is 0.260 e. The van der Waals surface area contributed by atoms with Crippen LogP contribution in [0, 0.1) is 6.92 Å². The van der Waals surface area contributed by atoms with Gasteiger partial charge in [0.2, 0.25) is 0 Å². The molecule has 1 aromatic carbocycles. The predicted octanol–water partition coefficient (Wildman–Crippen LogP) is 1.80. The number of aryl methyl sites for hydroxylation is 1. The van der Waals surface area contributed by atoms with E-state index in [1.807, 2.05) is 25.1 Å². The Morgan fingerprint density at radius 1 is 1.08 bits per heavy atom. The minimum atomic E-state index is -1.86. The molecule has 0 saturated carbocycles. The number of likely N-dealkylation sites (tertiary alicyclic amines) is 1. The Bertz CT molecular complexity index is 620. The van der Waals surface area contributed by atoms with Crippen molar-refractivity contribution in [2.45, 2.75) is 25.4 Å². The molecule has 24 heavy (non-hydrogen) atoms. The minimum absolute atomic E-state index is 0.0563. The smallest absolute Gasteiger partial charge is 0.260 e. The van der Waals surface area contributed by atoms with Crippen LogP contribution < -0.4 is 0 Å². The van der Waals surface area contributed by atoms with Crippen LogP contribution in [-0.2, 0) is 9.53 Å². The number of alkyl halides is 1. The zero-order valence-electron chi connectivity index (χ0n) is 14.0. The highest BCUT2D eigenvalue weighted by Gasteiger charge is 2.45. The van der Waals surface area contributed by atoms with E-state index in [4.69, 9.17) is 4.74 Å². The molecule has 2 aliphatic rings. The van der Waals surface area contributed by atoms with E-state index in [1.165, 1.54) is 0 Å². The first-order chi connectivity index (χ1) is 11.5. The lowest BCUT2D eigenvalue weighted by atomic mass is 9.91.